The molecule has 1 N–H and O–H groups in total. The third-order valence-corrected chi connectivity index (χ3v) is 5.97. The van der Waals surface area contributed by atoms with Crippen LogP contribution in [0.5, 0.6) is 5.75 Å². The first-order chi connectivity index (χ1) is 13.4. The second-order valence-electron chi connectivity index (χ2n) is 6.35. The fourth-order valence-corrected chi connectivity index (χ4v) is 3.96. The molecule has 0 radical (unpaired) electrons. The van der Waals surface area contributed by atoms with Crippen LogP contribution in [0, 0.1) is 13.8 Å². The molecule has 2 aromatic carbocycles. The number of methoxy groups -OCH3 is 1. The van der Waals surface area contributed by atoms with Gasteiger partial charge in [0.05, 0.1) is 17.7 Å². The summed E-state index contributed by atoms with van der Waals surface area (Å²) in [4.78, 5) is 12.0. The number of anilines is 1. The number of rotatable bonds is 7. The average Bonchev–Trinajstić information content (AvgIpc) is 2.66. The van der Waals surface area contributed by atoms with Crippen molar-refractivity contribution in [1.29, 1.82) is 0 Å². The van der Waals surface area contributed by atoms with Crippen molar-refractivity contribution in [2.45, 2.75) is 24.9 Å². The van der Waals surface area contributed by atoms with E-state index in [-0.39, 0.29) is 10.6 Å². The summed E-state index contributed by atoms with van der Waals surface area (Å²) in [5.41, 5.74) is 1.72. The topological polar surface area (TPSA) is 75.7 Å². The highest BCUT2D eigenvalue weighted by molar-refractivity contribution is 7.92. The van der Waals surface area contributed by atoms with Gasteiger partial charge in [0.1, 0.15) is 18.8 Å². The molecule has 2 rings (SSSR count). The molecule has 0 heterocycles. The van der Waals surface area contributed by atoms with E-state index in [4.69, 9.17) is 4.74 Å². The normalized spacial score (nSPS) is 11.8. The molecule has 0 bridgehead atoms. The van der Waals surface area contributed by atoms with Gasteiger partial charge < -0.3 is 10.1 Å². The second kappa shape index (κ2) is 8.73. The number of halogens is 3. The summed E-state index contributed by atoms with van der Waals surface area (Å²) >= 11 is 0. The molecule has 0 aliphatic rings. The van der Waals surface area contributed by atoms with Crippen molar-refractivity contribution in [2.24, 2.45) is 0 Å². The molecule has 0 atom stereocenters. The molecule has 0 unspecified atom stereocenters. The van der Waals surface area contributed by atoms with E-state index in [0.717, 1.165) is 15.4 Å². The van der Waals surface area contributed by atoms with Crippen LogP contribution >= 0.6 is 0 Å². The maximum atomic E-state index is 13.2. The first-order valence-corrected chi connectivity index (χ1v) is 9.95. The number of sulfonamides is 1. The maximum absolute atomic E-state index is 13.2. The van der Waals surface area contributed by atoms with Crippen LogP contribution in [0.15, 0.2) is 47.4 Å². The Morgan fingerprint density at radius 1 is 1.07 bits per heavy atom. The zero-order valence-electron chi connectivity index (χ0n) is 16.1. The molecular formula is C19H21F3N2O4S. The summed E-state index contributed by atoms with van der Waals surface area (Å²) in [5.74, 6) is -0.621. The zero-order valence-corrected chi connectivity index (χ0v) is 16.9. The van der Waals surface area contributed by atoms with Crippen molar-refractivity contribution in [3.05, 3.63) is 53.6 Å². The number of nitrogens with zero attached hydrogens (tertiary/aromatic N) is 1. The van der Waals surface area contributed by atoms with Crippen molar-refractivity contribution in [1.82, 2.24) is 5.32 Å². The van der Waals surface area contributed by atoms with E-state index in [9.17, 15) is 26.4 Å². The van der Waals surface area contributed by atoms with E-state index in [1.807, 2.05) is 6.92 Å². The fraction of sp³-hybridized carbons (Fsp3) is 0.316. The molecule has 0 fully saturated rings. The number of carbonyl (C=O) groups excluding carboxylic acids is 1. The van der Waals surface area contributed by atoms with Crippen molar-refractivity contribution in [3.8, 4) is 5.75 Å². The first-order valence-electron chi connectivity index (χ1n) is 8.51. The molecule has 0 aromatic heterocycles. The van der Waals surface area contributed by atoms with Crippen LogP contribution in [0.25, 0.3) is 0 Å². The van der Waals surface area contributed by atoms with Gasteiger partial charge in [-0.2, -0.15) is 13.2 Å². The van der Waals surface area contributed by atoms with Crippen LogP contribution in [0.4, 0.5) is 18.9 Å². The Morgan fingerprint density at radius 2 is 1.69 bits per heavy atom. The van der Waals surface area contributed by atoms with E-state index in [2.05, 4.69) is 0 Å². The van der Waals surface area contributed by atoms with E-state index < -0.39 is 35.2 Å². The van der Waals surface area contributed by atoms with Gasteiger partial charge in [-0.25, -0.2) is 8.42 Å². The standard InChI is InChI=1S/C19H21F3N2O4S/c1-13-4-9-17(10-14(13)2)29(26,27)24(11-18(25)23-12-19(20,21)22)15-5-7-16(28-3)8-6-15/h4-10H,11-12H2,1-3H3,(H,23,25). The number of nitrogens with one attached hydrogen (secondary N) is 1. The van der Waals surface area contributed by atoms with Gasteiger partial charge in [0.2, 0.25) is 5.91 Å². The van der Waals surface area contributed by atoms with Gasteiger partial charge in [0.25, 0.3) is 10.0 Å². The van der Waals surface area contributed by atoms with Crippen LogP contribution in [-0.2, 0) is 14.8 Å². The van der Waals surface area contributed by atoms with Gasteiger partial charge >= 0.3 is 6.18 Å². The van der Waals surface area contributed by atoms with Gasteiger partial charge in [0.15, 0.2) is 0 Å². The van der Waals surface area contributed by atoms with E-state index in [1.54, 1.807) is 18.3 Å². The second-order valence-corrected chi connectivity index (χ2v) is 8.21. The molecule has 29 heavy (non-hydrogen) atoms. The number of hydrogen-bond acceptors (Lipinski definition) is 4. The molecule has 6 nitrogen and oxygen atoms in total. The fourth-order valence-electron chi connectivity index (χ4n) is 2.45. The van der Waals surface area contributed by atoms with Gasteiger partial charge in [-0.05, 0) is 61.4 Å². The Labute approximate surface area is 167 Å². The van der Waals surface area contributed by atoms with Gasteiger partial charge in [-0.1, -0.05) is 6.07 Å². The third kappa shape index (κ3) is 5.86. The van der Waals surface area contributed by atoms with Crippen LogP contribution in [0.2, 0.25) is 0 Å². The van der Waals surface area contributed by atoms with Crippen LogP contribution in [0.3, 0.4) is 0 Å². The molecule has 0 saturated carbocycles. The minimum Gasteiger partial charge on any atom is -0.497 e. The Morgan fingerprint density at radius 3 is 2.21 bits per heavy atom. The Balaban J connectivity index is 2.42. The lowest BCUT2D eigenvalue weighted by atomic mass is 10.1. The summed E-state index contributed by atoms with van der Waals surface area (Å²) in [5, 5.41) is 1.69. The van der Waals surface area contributed by atoms with E-state index >= 15 is 0 Å². The molecule has 2 aromatic rings. The molecule has 10 heteroatoms. The first kappa shape index (κ1) is 22.5. The zero-order chi connectivity index (χ0) is 21.8. The number of carbonyl (C=O) groups is 1. The smallest absolute Gasteiger partial charge is 0.405 e. The highest BCUT2D eigenvalue weighted by atomic mass is 32.2. The molecule has 0 saturated heterocycles. The summed E-state index contributed by atoms with van der Waals surface area (Å²) < 4.78 is 69.3. The lowest BCUT2D eigenvalue weighted by molar-refractivity contribution is -0.137. The Bertz CT molecular complexity index is 974. The third-order valence-electron chi connectivity index (χ3n) is 4.20. The molecule has 0 aliphatic carbocycles. The predicted octanol–water partition coefficient (Wildman–Crippen LogP) is 3.19. The van der Waals surface area contributed by atoms with Crippen molar-refractivity contribution in [3.63, 3.8) is 0 Å². The number of ether oxygens (including phenoxy) is 1. The van der Waals surface area contributed by atoms with Crippen LogP contribution < -0.4 is 14.4 Å². The number of benzene rings is 2. The average molecular weight is 430 g/mol. The highest BCUT2D eigenvalue weighted by Crippen LogP contribution is 2.27. The SMILES string of the molecule is COc1ccc(N(CC(=O)NCC(F)(F)F)S(=O)(=O)c2ccc(C)c(C)c2)cc1. The van der Waals surface area contributed by atoms with Crippen molar-refractivity contribution < 1.29 is 31.1 Å². The number of amides is 1. The lowest BCUT2D eigenvalue weighted by Crippen LogP contribution is -2.43. The Hall–Kier alpha value is -2.75. The van der Waals surface area contributed by atoms with Gasteiger partial charge in [-0.15, -0.1) is 0 Å². The molecular weight excluding hydrogens is 409 g/mol. The van der Waals surface area contributed by atoms with Crippen LogP contribution in [0.1, 0.15) is 11.1 Å². The quantitative estimate of drug-likeness (QED) is 0.732. The van der Waals surface area contributed by atoms with Crippen molar-refractivity contribution >= 4 is 21.6 Å². The Kier molecular flexibility index (Phi) is 6.78. The minimum atomic E-state index is -4.60. The summed E-state index contributed by atoms with van der Waals surface area (Å²) in [6.07, 6.45) is -4.60. The summed E-state index contributed by atoms with van der Waals surface area (Å²) in [6, 6.07) is 10.3. The summed E-state index contributed by atoms with van der Waals surface area (Å²) in [6.45, 7) is 1.20. The number of alkyl halides is 3. The van der Waals surface area contributed by atoms with Gasteiger partial charge in [-0.3, -0.25) is 9.10 Å². The predicted molar refractivity (Wildman–Crippen MR) is 103 cm³/mol. The van der Waals surface area contributed by atoms with E-state index in [1.165, 1.54) is 43.5 Å². The maximum Gasteiger partial charge on any atom is 0.405 e. The molecule has 0 spiro atoms. The number of hydrogen-bond donors (Lipinski definition) is 1. The largest absolute Gasteiger partial charge is 0.497 e. The molecule has 0 aliphatic heterocycles. The van der Waals surface area contributed by atoms with Gasteiger partial charge in [0, 0.05) is 0 Å². The van der Waals surface area contributed by atoms with Crippen LogP contribution in [-0.4, -0.2) is 40.7 Å². The highest BCUT2D eigenvalue weighted by Gasteiger charge is 2.31. The molecule has 1 amide bonds. The number of aryl methyl sites for hydroxylation is 2. The van der Waals surface area contributed by atoms with E-state index in [0.29, 0.717) is 5.75 Å². The lowest BCUT2D eigenvalue weighted by Gasteiger charge is -2.24. The monoisotopic (exact) mass is 430 g/mol. The minimum absolute atomic E-state index is 0.0694. The van der Waals surface area contributed by atoms with Crippen molar-refractivity contribution in [2.75, 3.05) is 24.5 Å². The summed E-state index contributed by atoms with van der Waals surface area (Å²) in [7, 11) is -2.78. The molecule has 158 valence electrons.